The number of rotatable bonds is 7. The Hall–Kier alpha value is -1.35. The van der Waals surface area contributed by atoms with Crippen molar-refractivity contribution in [3.8, 4) is 5.75 Å². The Morgan fingerprint density at radius 1 is 1.38 bits per heavy atom. The fraction of sp³-hybridized carbons (Fsp3) is 0.462. The largest absolute Gasteiger partial charge is 0.494 e. The lowest BCUT2D eigenvalue weighted by Crippen LogP contribution is -2.00. The molecule has 0 saturated carbocycles. The average molecular weight is 222 g/mol. The van der Waals surface area contributed by atoms with Crippen LogP contribution in [0, 0.1) is 0 Å². The van der Waals surface area contributed by atoms with E-state index in [1.165, 1.54) is 0 Å². The molecule has 0 radical (unpaired) electrons. The first kappa shape index (κ1) is 12.7. The summed E-state index contributed by atoms with van der Waals surface area (Å²) in [7, 11) is 1.67. The third kappa shape index (κ3) is 4.94. The van der Waals surface area contributed by atoms with Gasteiger partial charge in [-0.15, -0.1) is 0 Å². The van der Waals surface area contributed by atoms with E-state index < -0.39 is 0 Å². The summed E-state index contributed by atoms with van der Waals surface area (Å²) in [6.45, 7) is 2.76. The summed E-state index contributed by atoms with van der Waals surface area (Å²) in [6, 6.07) is 7.80. The zero-order valence-electron chi connectivity index (χ0n) is 9.86. The minimum Gasteiger partial charge on any atom is -0.494 e. The zero-order valence-corrected chi connectivity index (χ0v) is 9.86. The van der Waals surface area contributed by atoms with Crippen molar-refractivity contribution < 1.29 is 14.3 Å². The summed E-state index contributed by atoms with van der Waals surface area (Å²) in [5, 5.41) is 0. The van der Waals surface area contributed by atoms with Crippen molar-refractivity contribution in [3.05, 3.63) is 29.8 Å². The molecule has 0 aliphatic carbocycles. The first-order valence-electron chi connectivity index (χ1n) is 5.42. The maximum atomic E-state index is 10.7. The molecule has 3 nitrogen and oxygen atoms in total. The highest BCUT2D eigenvalue weighted by Crippen LogP contribution is 2.14. The quantitative estimate of drug-likeness (QED) is 0.665. The number of ketones is 1. The van der Waals surface area contributed by atoms with Crippen molar-refractivity contribution in [2.75, 3.05) is 13.7 Å². The average Bonchev–Trinajstić information content (AvgIpc) is 2.25. The van der Waals surface area contributed by atoms with Gasteiger partial charge in [0.05, 0.1) is 13.2 Å². The van der Waals surface area contributed by atoms with Crippen LogP contribution in [0.1, 0.15) is 25.3 Å². The summed E-state index contributed by atoms with van der Waals surface area (Å²) in [4.78, 5) is 10.7. The molecule has 0 unspecified atom stereocenters. The highest BCUT2D eigenvalue weighted by molar-refractivity contribution is 5.75. The standard InChI is InChI=1S/C13H18O3/c1-11(14)5-4-8-16-13-7-3-6-12(9-13)10-15-2/h3,6-7,9H,4-5,8,10H2,1-2H3. The Morgan fingerprint density at radius 2 is 2.19 bits per heavy atom. The SMILES string of the molecule is COCc1cccc(OCCCC(C)=O)c1. The number of carbonyl (C=O) groups excluding carboxylic acids is 1. The molecule has 0 spiro atoms. The molecule has 0 N–H and O–H groups in total. The summed E-state index contributed by atoms with van der Waals surface area (Å²) in [5.74, 6) is 1.04. The van der Waals surface area contributed by atoms with Gasteiger partial charge < -0.3 is 14.3 Å². The summed E-state index contributed by atoms with van der Waals surface area (Å²) < 4.78 is 10.6. The van der Waals surface area contributed by atoms with E-state index in [9.17, 15) is 4.79 Å². The van der Waals surface area contributed by atoms with E-state index in [-0.39, 0.29) is 5.78 Å². The molecule has 0 aromatic heterocycles. The minimum absolute atomic E-state index is 0.205. The number of Topliss-reactive ketones (excluding diaryl/α,β-unsaturated/α-hetero) is 1. The lowest BCUT2D eigenvalue weighted by molar-refractivity contribution is -0.117. The third-order valence-corrected chi connectivity index (χ3v) is 2.15. The first-order valence-corrected chi connectivity index (χ1v) is 5.42. The van der Waals surface area contributed by atoms with Gasteiger partial charge in [0.1, 0.15) is 11.5 Å². The van der Waals surface area contributed by atoms with E-state index in [1.54, 1.807) is 14.0 Å². The van der Waals surface area contributed by atoms with Gasteiger partial charge in [-0.1, -0.05) is 12.1 Å². The van der Waals surface area contributed by atoms with Crippen molar-refractivity contribution in [2.45, 2.75) is 26.4 Å². The van der Waals surface area contributed by atoms with E-state index in [2.05, 4.69) is 0 Å². The van der Waals surface area contributed by atoms with E-state index in [0.29, 0.717) is 19.6 Å². The normalized spacial score (nSPS) is 10.1. The lowest BCUT2D eigenvalue weighted by Gasteiger charge is -2.07. The fourth-order valence-electron chi connectivity index (χ4n) is 1.40. The van der Waals surface area contributed by atoms with E-state index >= 15 is 0 Å². The van der Waals surface area contributed by atoms with Gasteiger partial charge in [0.15, 0.2) is 0 Å². The first-order chi connectivity index (χ1) is 7.72. The maximum Gasteiger partial charge on any atom is 0.129 e. The molecule has 0 fully saturated rings. The number of ether oxygens (including phenoxy) is 2. The second kappa shape index (κ2) is 7.01. The molecule has 0 amide bonds. The number of hydrogen-bond donors (Lipinski definition) is 0. The minimum atomic E-state index is 0.205. The molecular weight excluding hydrogens is 204 g/mol. The summed E-state index contributed by atoms with van der Waals surface area (Å²) in [5.41, 5.74) is 1.09. The molecule has 0 atom stereocenters. The second-order valence-electron chi connectivity index (χ2n) is 3.73. The maximum absolute atomic E-state index is 10.7. The van der Waals surface area contributed by atoms with Gasteiger partial charge >= 0.3 is 0 Å². The molecule has 0 aliphatic rings. The number of hydrogen-bond acceptors (Lipinski definition) is 3. The van der Waals surface area contributed by atoms with Crippen LogP contribution in [0.2, 0.25) is 0 Å². The van der Waals surface area contributed by atoms with Gasteiger partial charge in [-0.25, -0.2) is 0 Å². The third-order valence-electron chi connectivity index (χ3n) is 2.15. The van der Waals surface area contributed by atoms with Gasteiger partial charge in [-0.2, -0.15) is 0 Å². The van der Waals surface area contributed by atoms with E-state index in [4.69, 9.17) is 9.47 Å². The van der Waals surface area contributed by atoms with Gasteiger partial charge in [0.2, 0.25) is 0 Å². The number of benzene rings is 1. The predicted molar refractivity (Wildman–Crippen MR) is 62.6 cm³/mol. The zero-order chi connectivity index (χ0) is 11.8. The van der Waals surface area contributed by atoms with Crippen LogP contribution in [0.5, 0.6) is 5.75 Å². The van der Waals surface area contributed by atoms with Gasteiger partial charge in [-0.05, 0) is 31.0 Å². The molecule has 0 saturated heterocycles. The Morgan fingerprint density at radius 3 is 2.88 bits per heavy atom. The highest BCUT2D eigenvalue weighted by Gasteiger charge is 1.98. The second-order valence-corrected chi connectivity index (χ2v) is 3.73. The molecule has 1 rings (SSSR count). The lowest BCUT2D eigenvalue weighted by atomic mass is 10.2. The van der Waals surface area contributed by atoms with Crippen molar-refractivity contribution in [2.24, 2.45) is 0 Å². The number of carbonyl (C=O) groups is 1. The van der Waals surface area contributed by atoms with Crippen LogP contribution < -0.4 is 4.74 Å². The molecule has 0 heterocycles. The Bertz CT molecular complexity index is 334. The van der Waals surface area contributed by atoms with Gasteiger partial charge in [0, 0.05) is 13.5 Å². The Labute approximate surface area is 96.4 Å². The predicted octanol–water partition coefficient (Wildman–Crippen LogP) is 2.58. The van der Waals surface area contributed by atoms with E-state index in [1.807, 2.05) is 24.3 Å². The summed E-state index contributed by atoms with van der Waals surface area (Å²) >= 11 is 0. The van der Waals surface area contributed by atoms with Gasteiger partial charge in [0.25, 0.3) is 0 Å². The monoisotopic (exact) mass is 222 g/mol. The van der Waals surface area contributed by atoms with Crippen LogP contribution in [-0.2, 0) is 16.1 Å². The molecule has 16 heavy (non-hydrogen) atoms. The van der Waals surface area contributed by atoms with Crippen LogP contribution >= 0.6 is 0 Å². The van der Waals surface area contributed by atoms with Crippen LogP contribution in [-0.4, -0.2) is 19.5 Å². The van der Waals surface area contributed by atoms with Crippen LogP contribution in [0.15, 0.2) is 24.3 Å². The molecule has 0 bridgehead atoms. The number of methoxy groups -OCH3 is 1. The van der Waals surface area contributed by atoms with Crippen molar-refractivity contribution in [1.82, 2.24) is 0 Å². The molecule has 1 aromatic rings. The summed E-state index contributed by atoms with van der Waals surface area (Å²) in [6.07, 6.45) is 1.35. The van der Waals surface area contributed by atoms with Crippen molar-refractivity contribution in [3.63, 3.8) is 0 Å². The highest BCUT2D eigenvalue weighted by atomic mass is 16.5. The molecule has 88 valence electrons. The van der Waals surface area contributed by atoms with Crippen LogP contribution in [0.3, 0.4) is 0 Å². The van der Waals surface area contributed by atoms with Gasteiger partial charge in [-0.3, -0.25) is 0 Å². The topological polar surface area (TPSA) is 35.5 Å². The molecule has 0 aliphatic heterocycles. The van der Waals surface area contributed by atoms with Crippen molar-refractivity contribution in [1.29, 1.82) is 0 Å². The van der Waals surface area contributed by atoms with Crippen molar-refractivity contribution >= 4 is 5.78 Å². The molecule has 1 aromatic carbocycles. The smallest absolute Gasteiger partial charge is 0.129 e. The fourth-order valence-corrected chi connectivity index (χ4v) is 1.40. The Balaban J connectivity index is 2.35. The van der Waals surface area contributed by atoms with Crippen LogP contribution in [0.4, 0.5) is 0 Å². The van der Waals surface area contributed by atoms with E-state index in [0.717, 1.165) is 17.7 Å². The van der Waals surface area contributed by atoms with Crippen LogP contribution in [0.25, 0.3) is 0 Å². The molecule has 3 heteroatoms. The Kier molecular flexibility index (Phi) is 5.57. The molecular formula is C13H18O3.